The van der Waals surface area contributed by atoms with E-state index in [1.807, 2.05) is 0 Å². The predicted octanol–water partition coefficient (Wildman–Crippen LogP) is 4.42. The van der Waals surface area contributed by atoms with E-state index in [4.69, 9.17) is 5.73 Å². The standard InChI is InChI=1S/C16H18BrN/c1-10-7-8-15(17)14(9-10)16(18)13-6-4-5-11(2)12(13)3/h4-9,16H,18H2,1-3H3. The van der Waals surface area contributed by atoms with E-state index in [0.29, 0.717) is 0 Å². The molecule has 2 heteroatoms. The van der Waals surface area contributed by atoms with Crippen LogP contribution < -0.4 is 5.73 Å². The maximum Gasteiger partial charge on any atom is 0.0565 e. The van der Waals surface area contributed by atoms with Crippen LogP contribution >= 0.6 is 15.9 Å². The minimum absolute atomic E-state index is 0.0841. The Hall–Kier alpha value is -1.12. The van der Waals surface area contributed by atoms with Crippen molar-refractivity contribution in [1.29, 1.82) is 0 Å². The number of hydrogen-bond acceptors (Lipinski definition) is 1. The highest BCUT2D eigenvalue weighted by atomic mass is 79.9. The molecular formula is C16H18BrN. The second-order valence-corrected chi connectivity index (χ2v) is 5.65. The van der Waals surface area contributed by atoms with Gasteiger partial charge in [0.15, 0.2) is 0 Å². The molecule has 2 N–H and O–H groups in total. The molecule has 0 saturated carbocycles. The van der Waals surface area contributed by atoms with Crippen molar-refractivity contribution in [1.82, 2.24) is 0 Å². The van der Waals surface area contributed by atoms with Crippen molar-refractivity contribution in [2.75, 3.05) is 0 Å². The van der Waals surface area contributed by atoms with Crippen LogP contribution in [0.1, 0.15) is 33.9 Å². The highest BCUT2D eigenvalue weighted by Crippen LogP contribution is 2.30. The van der Waals surface area contributed by atoms with Gasteiger partial charge in [0, 0.05) is 4.47 Å². The SMILES string of the molecule is Cc1ccc(Br)c(C(N)c2cccc(C)c2C)c1. The molecule has 94 valence electrons. The molecule has 0 saturated heterocycles. The maximum atomic E-state index is 6.43. The monoisotopic (exact) mass is 303 g/mol. The van der Waals surface area contributed by atoms with E-state index < -0.39 is 0 Å². The summed E-state index contributed by atoms with van der Waals surface area (Å²) in [5, 5.41) is 0. The van der Waals surface area contributed by atoms with Crippen molar-refractivity contribution in [2.24, 2.45) is 5.73 Å². The van der Waals surface area contributed by atoms with Crippen molar-refractivity contribution in [3.8, 4) is 0 Å². The smallest absolute Gasteiger partial charge is 0.0565 e. The average Bonchev–Trinajstić information content (AvgIpc) is 2.35. The summed E-state index contributed by atoms with van der Waals surface area (Å²) in [5.74, 6) is 0. The zero-order valence-electron chi connectivity index (χ0n) is 11.0. The van der Waals surface area contributed by atoms with Crippen LogP contribution in [0, 0.1) is 20.8 Å². The molecule has 2 aromatic carbocycles. The second-order valence-electron chi connectivity index (χ2n) is 4.79. The largest absolute Gasteiger partial charge is 0.320 e. The van der Waals surface area contributed by atoms with Crippen molar-refractivity contribution in [3.63, 3.8) is 0 Å². The predicted molar refractivity (Wildman–Crippen MR) is 80.8 cm³/mol. The molecule has 2 aromatic rings. The van der Waals surface area contributed by atoms with Crippen LogP contribution in [0.15, 0.2) is 40.9 Å². The average molecular weight is 304 g/mol. The fraction of sp³-hybridized carbons (Fsp3) is 0.250. The van der Waals surface area contributed by atoms with Gasteiger partial charge >= 0.3 is 0 Å². The molecule has 0 aliphatic heterocycles. The second kappa shape index (κ2) is 5.25. The Morgan fingerprint density at radius 2 is 1.72 bits per heavy atom. The van der Waals surface area contributed by atoms with E-state index in [2.05, 4.69) is 73.1 Å². The Bertz CT molecular complexity index is 573. The summed E-state index contributed by atoms with van der Waals surface area (Å²) < 4.78 is 1.07. The minimum Gasteiger partial charge on any atom is -0.320 e. The summed E-state index contributed by atoms with van der Waals surface area (Å²) in [4.78, 5) is 0. The number of halogens is 1. The van der Waals surface area contributed by atoms with Crippen LogP contribution in [0.3, 0.4) is 0 Å². The molecule has 1 atom stereocenters. The number of hydrogen-bond donors (Lipinski definition) is 1. The fourth-order valence-electron chi connectivity index (χ4n) is 2.18. The van der Waals surface area contributed by atoms with E-state index in [9.17, 15) is 0 Å². The van der Waals surface area contributed by atoms with Gasteiger partial charge in [0.1, 0.15) is 0 Å². The van der Waals surface area contributed by atoms with Crippen LogP contribution in [0.2, 0.25) is 0 Å². The van der Waals surface area contributed by atoms with E-state index in [1.165, 1.54) is 22.3 Å². The molecule has 0 aliphatic rings. The number of nitrogens with two attached hydrogens (primary N) is 1. The molecular weight excluding hydrogens is 286 g/mol. The van der Waals surface area contributed by atoms with Gasteiger partial charge in [0.25, 0.3) is 0 Å². The van der Waals surface area contributed by atoms with Gasteiger partial charge < -0.3 is 5.73 Å². The minimum atomic E-state index is -0.0841. The normalized spacial score (nSPS) is 12.5. The first-order valence-electron chi connectivity index (χ1n) is 6.08. The molecule has 0 aliphatic carbocycles. The summed E-state index contributed by atoms with van der Waals surface area (Å²) in [7, 11) is 0. The Balaban J connectivity index is 2.51. The van der Waals surface area contributed by atoms with Crippen molar-refractivity contribution in [2.45, 2.75) is 26.8 Å². The van der Waals surface area contributed by atoms with Crippen molar-refractivity contribution in [3.05, 3.63) is 68.7 Å². The molecule has 0 heterocycles. The van der Waals surface area contributed by atoms with Gasteiger partial charge in [0.05, 0.1) is 6.04 Å². The topological polar surface area (TPSA) is 26.0 Å². The quantitative estimate of drug-likeness (QED) is 0.873. The summed E-state index contributed by atoms with van der Waals surface area (Å²) in [6.45, 7) is 6.34. The van der Waals surface area contributed by atoms with Crippen molar-refractivity contribution < 1.29 is 0 Å². The highest BCUT2D eigenvalue weighted by Gasteiger charge is 2.15. The molecule has 2 rings (SSSR count). The van der Waals surface area contributed by atoms with Crippen molar-refractivity contribution >= 4 is 15.9 Å². The Morgan fingerprint density at radius 3 is 2.44 bits per heavy atom. The van der Waals surface area contributed by atoms with Gasteiger partial charge in [-0.15, -0.1) is 0 Å². The third-order valence-electron chi connectivity index (χ3n) is 3.47. The summed E-state index contributed by atoms with van der Waals surface area (Å²) in [5.41, 5.74) is 12.6. The molecule has 0 amide bonds. The van der Waals surface area contributed by atoms with Gasteiger partial charge in [-0.3, -0.25) is 0 Å². The summed E-state index contributed by atoms with van der Waals surface area (Å²) in [6, 6.07) is 12.5. The van der Waals surface area contributed by atoms with Gasteiger partial charge in [-0.1, -0.05) is 51.8 Å². The lowest BCUT2D eigenvalue weighted by atomic mass is 9.93. The first-order chi connectivity index (χ1) is 8.50. The lowest BCUT2D eigenvalue weighted by molar-refractivity contribution is 0.852. The van der Waals surface area contributed by atoms with Crippen LogP contribution in [-0.2, 0) is 0 Å². The van der Waals surface area contributed by atoms with E-state index in [0.717, 1.165) is 10.0 Å². The molecule has 0 fully saturated rings. The molecule has 1 unspecified atom stereocenters. The number of aryl methyl sites for hydroxylation is 2. The zero-order valence-corrected chi connectivity index (χ0v) is 12.6. The lowest BCUT2D eigenvalue weighted by Crippen LogP contribution is -2.14. The Kier molecular flexibility index (Phi) is 3.88. The fourth-order valence-corrected chi connectivity index (χ4v) is 2.67. The van der Waals surface area contributed by atoms with Gasteiger partial charge in [-0.25, -0.2) is 0 Å². The highest BCUT2D eigenvalue weighted by molar-refractivity contribution is 9.10. The van der Waals surface area contributed by atoms with Crippen LogP contribution in [0.5, 0.6) is 0 Å². The first-order valence-corrected chi connectivity index (χ1v) is 6.87. The Morgan fingerprint density at radius 1 is 1.00 bits per heavy atom. The summed E-state index contributed by atoms with van der Waals surface area (Å²) >= 11 is 3.59. The van der Waals surface area contributed by atoms with Crippen LogP contribution in [-0.4, -0.2) is 0 Å². The molecule has 0 radical (unpaired) electrons. The van der Waals surface area contributed by atoms with Gasteiger partial charge in [-0.2, -0.15) is 0 Å². The lowest BCUT2D eigenvalue weighted by Gasteiger charge is -2.18. The van der Waals surface area contributed by atoms with Gasteiger partial charge in [-0.05, 0) is 49.1 Å². The first kappa shape index (κ1) is 13.3. The van der Waals surface area contributed by atoms with Crippen LogP contribution in [0.4, 0.5) is 0 Å². The van der Waals surface area contributed by atoms with E-state index in [-0.39, 0.29) is 6.04 Å². The third kappa shape index (κ3) is 2.50. The molecule has 1 nitrogen and oxygen atoms in total. The third-order valence-corrected chi connectivity index (χ3v) is 4.19. The number of rotatable bonds is 2. The zero-order chi connectivity index (χ0) is 13.3. The molecule has 0 aromatic heterocycles. The van der Waals surface area contributed by atoms with E-state index in [1.54, 1.807) is 0 Å². The molecule has 0 bridgehead atoms. The Labute approximate surface area is 117 Å². The van der Waals surface area contributed by atoms with Crippen LogP contribution in [0.25, 0.3) is 0 Å². The number of benzene rings is 2. The maximum absolute atomic E-state index is 6.43. The molecule has 0 spiro atoms. The van der Waals surface area contributed by atoms with Gasteiger partial charge in [0.2, 0.25) is 0 Å². The van der Waals surface area contributed by atoms with E-state index >= 15 is 0 Å². The summed E-state index contributed by atoms with van der Waals surface area (Å²) in [6.07, 6.45) is 0. The molecule has 18 heavy (non-hydrogen) atoms.